The highest BCUT2D eigenvalue weighted by atomic mass is 79.9. The van der Waals surface area contributed by atoms with Crippen LogP contribution in [0.1, 0.15) is 16.1 Å². The van der Waals surface area contributed by atoms with Crippen LogP contribution < -0.4 is 0 Å². The summed E-state index contributed by atoms with van der Waals surface area (Å²) in [4.78, 5) is 17.2. The van der Waals surface area contributed by atoms with E-state index in [2.05, 4.69) is 20.9 Å². The summed E-state index contributed by atoms with van der Waals surface area (Å²) < 4.78 is 5.96. The molecule has 1 amide bonds. The van der Waals surface area contributed by atoms with Gasteiger partial charge in [-0.25, -0.2) is 0 Å². The van der Waals surface area contributed by atoms with Crippen LogP contribution in [0, 0.1) is 0 Å². The number of rotatable bonds is 6. The first-order chi connectivity index (χ1) is 9.70. The molecule has 2 rings (SSSR count). The van der Waals surface area contributed by atoms with Gasteiger partial charge in [0.15, 0.2) is 0 Å². The number of aromatic amines is 1. The SMILES string of the molecule is COCCN(Cc1ccccc1)C(=O)c1cc(Br)c[nH]1. The van der Waals surface area contributed by atoms with Crippen molar-refractivity contribution < 1.29 is 9.53 Å². The number of amides is 1. The molecular formula is C15H17BrN2O2. The summed E-state index contributed by atoms with van der Waals surface area (Å²) in [6, 6.07) is 11.7. The van der Waals surface area contributed by atoms with Gasteiger partial charge in [0.2, 0.25) is 0 Å². The molecule has 0 radical (unpaired) electrons. The molecule has 0 aliphatic carbocycles. The van der Waals surface area contributed by atoms with E-state index in [1.165, 1.54) is 0 Å². The van der Waals surface area contributed by atoms with Crippen molar-refractivity contribution in [3.63, 3.8) is 0 Å². The monoisotopic (exact) mass is 336 g/mol. The molecule has 1 aromatic carbocycles. The Balaban J connectivity index is 2.12. The summed E-state index contributed by atoms with van der Waals surface area (Å²) in [5, 5.41) is 0. The molecule has 0 saturated heterocycles. The second kappa shape index (κ2) is 7.26. The van der Waals surface area contributed by atoms with Crippen LogP contribution >= 0.6 is 15.9 Å². The molecule has 0 aliphatic heterocycles. The van der Waals surface area contributed by atoms with Gasteiger partial charge in [-0.3, -0.25) is 4.79 Å². The Morgan fingerprint density at radius 1 is 1.35 bits per heavy atom. The Labute approximate surface area is 126 Å². The van der Waals surface area contributed by atoms with Gasteiger partial charge in [0, 0.05) is 30.9 Å². The Morgan fingerprint density at radius 2 is 2.10 bits per heavy atom. The van der Waals surface area contributed by atoms with Crippen LogP contribution in [0.2, 0.25) is 0 Å². The van der Waals surface area contributed by atoms with E-state index >= 15 is 0 Å². The third-order valence-electron chi connectivity index (χ3n) is 2.95. The summed E-state index contributed by atoms with van der Waals surface area (Å²) in [6.07, 6.45) is 1.75. The molecule has 0 bridgehead atoms. The maximum absolute atomic E-state index is 12.5. The molecule has 0 aliphatic rings. The molecule has 4 nitrogen and oxygen atoms in total. The van der Waals surface area contributed by atoms with Crippen molar-refractivity contribution in [2.24, 2.45) is 0 Å². The van der Waals surface area contributed by atoms with E-state index in [1.54, 1.807) is 24.3 Å². The first-order valence-electron chi connectivity index (χ1n) is 6.37. The Hall–Kier alpha value is -1.59. The smallest absolute Gasteiger partial charge is 0.270 e. The second-order valence-corrected chi connectivity index (χ2v) is 5.35. The largest absolute Gasteiger partial charge is 0.383 e. The number of aromatic nitrogens is 1. The zero-order valence-electron chi connectivity index (χ0n) is 11.3. The highest BCUT2D eigenvalue weighted by Gasteiger charge is 2.17. The number of nitrogens with zero attached hydrogens (tertiary/aromatic N) is 1. The summed E-state index contributed by atoms with van der Waals surface area (Å²) in [7, 11) is 1.64. The maximum atomic E-state index is 12.5. The molecule has 5 heteroatoms. The van der Waals surface area contributed by atoms with E-state index in [-0.39, 0.29) is 5.91 Å². The number of H-pyrrole nitrogens is 1. The fourth-order valence-corrected chi connectivity index (χ4v) is 2.26. The fraction of sp³-hybridized carbons (Fsp3) is 0.267. The molecule has 0 saturated carbocycles. The molecule has 106 valence electrons. The predicted molar refractivity (Wildman–Crippen MR) is 81.6 cm³/mol. The fourth-order valence-electron chi connectivity index (χ4n) is 1.92. The van der Waals surface area contributed by atoms with Gasteiger partial charge in [0.05, 0.1) is 6.61 Å². The molecule has 0 spiro atoms. The van der Waals surface area contributed by atoms with Crippen LogP contribution in [-0.2, 0) is 11.3 Å². The van der Waals surface area contributed by atoms with Crippen molar-refractivity contribution in [2.45, 2.75) is 6.54 Å². The number of methoxy groups -OCH3 is 1. The van der Waals surface area contributed by atoms with Crippen LogP contribution in [0.3, 0.4) is 0 Å². The Morgan fingerprint density at radius 3 is 2.70 bits per heavy atom. The molecule has 1 heterocycles. The molecular weight excluding hydrogens is 320 g/mol. The molecule has 1 N–H and O–H groups in total. The van der Waals surface area contributed by atoms with Gasteiger partial charge >= 0.3 is 0 Å². The lowest BCUT2D eigenvalue weighted by Gasteiger charge is -2.22. The van der Waals surface area contributed by atoms with Crippen LogP contribution in [-0.4, -0.2) is 36.1 Å². The first-order valence-corrected chi connectivity index (χ1v) is 7.16. The van der Waals surface area contributed by atoms with Crippen LogP contribution in [0.25, 0.3) is 0 Å². The average molecular weight is 337 g/mol. The average Bonchev–Trinajstić information content (AvgIpc) is 2.90. The minimum atomic E-state index is -0.0309. The molecule has 0 unspecified atom stereocenters. The minimum absolute atomic E-state index is 0.0309. The van der Waals surface area contributed by atoms with E-state index in [1.807, 2.05) is 30.3 Å². The standard InChI is InChI=1S/C15H17BrN2O2/c1-20-8-7-18(11-12-5-3-2-4-6-12)15(19)14-9-13(16)10-17-14/h2-6,9-10,17H,7-8,11H2,1H3. The zero-order valence-corrected chi connectivity index (χ0v) is 12.9. The zero-order chi connectivity index (χ0) is 14.4. The predicted octanol–water partition coefficient (Wildman–Crippen LogP) is 3.07. The van der Waals surface area contributed by atoms with Crippen LogP contribution in [0.4, 0.5) is 0 Å². The molecule has 20 heavy (non-hydrogen) atoms. The third-order valence-corrected chi connectivity index (χ3v) is 3.40. The van der Waals surface area contributed by atoms with Gasteiger partial charge in [-0.15, -0.1) is 0 Å². The van der Waals surface area contributed by atoms with E-state index in [0.717, 1.165) is 10.0 Å². The lowest BCUT2D eigenvalue weighted by molar-refractivity contribution is 0.0675. The van der Waals surface area contributed by atoms with Crippen LogP contribution in [0.5, 0.6) is 0 Å². The summed E-state index contributed by atoms with van der Waals surface area (Å²) in [5.74, 6) is -0.0309. The van der Waals surface area contributed by atoms with Crippen molar-refractivity contribution in [3.8, 4) is 0 Å². The summed E-state index contributed by atoms with van der Waals surface area (Å²) in [5.41, 5.74) is 1.67. The number of carbonyl (C=O) groups excluding carboxylic acids is 1. The van der Waals surface area contributed by atoms with E-state index in [4.69, 9.17) is 4.74 Å². The van der Waals surface area contributed by atoms with Gasteiger partial charge < -0.3 is 14.6 Å². The Kier molecular flexibility index (Phi) is 5.38. The Bertz CT molecular complexity index is 554. The first kappa shape index (κ1) is 14.8. The lowest BCUT2D eigenvalue weighted by atomic mass is 10.2. The van der Waals surface area contributed by atoms with Gasteiger partial charge in [-0.1, -0.05) is 30.3 Å². The maximum Gasteiger partial charge on any atom is 0.270 e. The third kappa shape index (κ3) is 3.95. The lowest BCUT2D eigenvalue weighted by Crippen LogP contribution is -2.33. The van der Waals surface area contributed by atoms with Crippen molar-refractivity contribution in [1.82, 2.24) is 9.88 Å². The number of halogens is 1. The quantitative estimate of drug-likeness (QED) is 0.881. The van der Waals surface area contributed by atoms with Crippen LogP contribution in [0.15, 0.2) is 47.1 Å². The van der Waals surface area contributed by atoms with Gasteiger partial charge in [0.1, 0.15) is 5.69 Å². The van der Waals surface area contributed by atoms with Gasteiger partial charge in [-0.05, 0) is 27.6 Å². The van der Waals surface area contributed by atoms with Gasteiger partial charge in [-0.2, -0.15) is 0 Å². The topological polar surface area (TPSA) is 45.3 Å². The highest BCUT2D eigenvalue weighted by molar-refractivity contribution is 9.10. The number of carbonyl (C=O) groups is 1. The molecule has 2 aromatic rings. The summed E-state index contributed by atoms with van der Waals surface area (Å²) >= 11 is 3.34. The number of ether oxygens (including phenoxy) is 1. The number of hydrogen-bond donors (Lipinski definition) is 1. The summed E-state index contributed by atoms with van der Waals surface area (Å²) in [6.45, 7) is 1.64. The van der Waals surface area contributed by atoms with Gasteiger partial charge in [0.25, 0.3) is 5.91 Å². The minimum Gasteiger partial charge on any atom is -0.383 e. The molecule has 1 aromatic heterocycles. The molecule has 0 atom stereocenters. The molecule has 0 fully saturated rings. The van der Waals surface area contributed by atoms with Crippen molar-refractivity contribution in [3.05, 3.63) is 58.3 Å². The number of benzene rings is 1. The number of hydrogen-bond acceptors (Lipinski definition) is 2. The van der Waals surface area contributed by atoms with E-state index in [9.17, 15) is 4.79 Å². The van der Waals surface area contributed by atoms with Crippen molar-refractivity contribution >= 4 is 21.8 Å². The van der Waals surface area contributed by atoms with E-state index in [0.29, 0.717) is 25.4 Å². The van der Waals surface area contributed by atoms with Crippen molar-refractivity contribution in [1.29, 1.82) is 0 Å². The van der Waals surface area contributed by atoms with Crippen molar-refractivity contribution in [2.75, 3.05) is 20.3 Å². The highest BCUT2D eigenvalue weighted by Crippen LogP contribution is 2.14. The second-order valence-electron chi connectivity index (χ2n) is 4.44. The number of nitrogens with one attached hydrogen (secondary N) is 1. The van der Waals surface area contributed by atoms with E-state index < -0.39 is 0 Å². The normalized spacial score (nSPS) is 10.5.